The Morgan fingerprint density at radius 3 is 2.63 bits per heavy atom. The van der Waals surface area contributed by atoms with E-state index in [0.29, 0.717) is 24.8 Å². The second-order valence-electron chi connectivity index (χ2n) is 8.80. The lowest BCUT2D eigenvalue weighted by Crippen LogP contribution is -2.50. The second-order valence-corrected chi connectivity index (χ2v) is 8.80. The second kappa shape index (κ2) is 7.70. The number of benzene rings is 2. The van der Waals surface area contributed by atoms with Crippen molar-refractivity contribution in [3.63, 3.8) is 0 Å². The van der Waals surface area contributed by atoms with Gasteiger partial charge in [0, 0.05) is 24.4 Å². The summed E-state index contributed by atoms with van der Waals surface area (Å²) in [6.07, 6.45) is 5.25. The molecule has 1 saturated carbocycles. The molecule has 1 amide bonds. The topological polar surface area (TPSA) is 82.0 Å². The van der Waals surface area contributed by atoms with Crippen molar-refractivity contribution in [3.8, 4) is 17.2 Å². The number of nitrogens with one attached hydrogen (secondary N) is 2. The molecule has 0 aromatic heterocycles. The van der Waals surface area contributed by atoms with Gasteiger partial charge in [-0.3, -0.25) is 9.59 Å². The van der Waals surface area contributed by atoms with Crippen LogP contribution >= 0.6 is 0 Å². The number of nitriles is 1. The number of piperidine rings is 1. The summed E-state index contributed by atoms with van der Waals surface area (Å²) in [7, 11) is 0. The summed E-state index contributed by atoms with van der Waals surface area (Å²) in [5.41, 5.74) is 5.06. The number of aryl methyl sites for hydroxylation is 1. The third-order valence-electron chi connectivity index (χ3n) is 6.87. The van der Waals surface area contributed by atoms with Crippen molar-refractivity contribution in [2.75, 3.05) is 0 Å². The molecule has 0 spiro atoms. The zero-order valence-electron chi connectivity index (χ0n) is 16.9. The molecule has 4 atom stereocenters. The summed E-state index contributed by atoms with van der Waals surface area (Å²) >= 11 is 0. The standard InChI is InChI=1S/C25H25N3O2/c26-14-21(28-25(30)24-19-7-9-20(12-19)27-24)11-15-1-3-16(4-2-15)18-6-5-17-8-10-23(29)22(17)13-18/h1-6,13,19-21,24,27H,7-12H2,(H,28,30)/t19-,20+,21-,24-/m0/s1. The number of carbonyl (C=O) groups is 2. The smallest absolute Gasteiger partial charge is 0.238 e. The molecule has 1 aliphatic heterocycles. The van der Waals surface area contributed by atoms with E-state index in [0.717, 1.165) is 53.5 Å². The Labute approximate surface area is 176 Å². The lowest BCUT2D eigenvalue weighted by Gasteiger charge is -2.23. The van der Waals surface area contributed by atoms with E-state index in [9.17, 15) is 14.9 Å². The molecule has 5 heteroatoms. The summed E-state index contributed by atoms with van der Waals surface area (Å²) in [4.78, 5) is 24.6. The van der Waals surface area contributed by atoms with Crippen LogP contribution in [0.4, 0.5) is 0 Å². The fourth-order valence-electron chi connectivity index (χ4n) is 5.23. The Balaban J connectivity index is 1.24. The maximum absolute atomic E-state index is 12.6. The fourth-order valence-corrected chi connectivity index (χ4v) is 5.23. The first-order valence-electron chi connectivity index (χ1n) is 10.8. The molecule has 1 heterocycles. The van der Waals surface area contributed by atoms with Crippen LogP contribution in [0, 0.1) is 17.2 Å². The third-order valence-corrected chi connectivity index (χ3v) is 6.87. The highest BCUT2D eigenvalue weighted by Gasteiger charge is 2.43. The average molecular weight is 399 g/mol. The molecule has 3 aliphatic rings. The largest absolute Gasteiger partial charge is 0.339 e. The van der Waals surface area contributed by atoms with Crippen molar-refractivity contribution in [1.82, 2.24) is 10.6 Å². The Hall–Kier alpha value is -2.97. The molecule has 0 radical (unpaired) electrons. The summed E-state index contributed by atoms with van der Waals surface area (Å²) < 4.78 is 0. The molecular formula is C25H25N3O2. The highest BCUT2D eigenvalue weighted by Crippen LogP contribution is 2.35. The first-order chi connectivity index (χ1) is 14.6. The van der Waals surface area contributed by atoms with Crippen LogP contribution in [-0.2, 0) is 17.6 Å². The van der Waals surface area contributed by atoms with Gasteiger partial charge in [0.05, 0.1) is 12.1 Å². The maximum atomic E-state index is 12.6. The molecule has 2 N–H and O–H groups in total. The third kappa shape index (κ3) is 3.53. The molecule has 5 rings (SSSR count). The van der Waals surface area contributed by atoms with E-state index < -0.39 is 6.04 Å². The summed E-state index contributed by atoms with van der Waals surface area (Å²) in [5, 5.41) is 15.8. The van der Waals surface area contributed by atoms with E-state index in [2.05, 4.69) is 28.8 Å². The van der Waals surface area contributed by atoms with Gasteiger partial charge in [-0.2, -0.15) is 5.26 Å². The summed E-state index contributed by atoms with van der Waals surface area (Å²) in [5.74, 6) is 0.585. The molecule has 2 aromatic carbocycles. The molecule has 2 aromatic rings. The fraction of sp³-hybridized carbons (Fsp3) is 0.400. The summed E-state index contributed by atoms with van der Waals surface area (Å²) in [6, 6.07) is 16.1. The van der Waals surface area contributed by atoms with Crippen molar-refractivity contribution in [1.29, 1.82) is 5.26 Å². The Morgan fingerprint density at radius 2 is 1.93 bits per heavy atom. The molecule has 2 aliphatic carbocycles. The van der Waals surface area contributed by atoms with Gasteiger partial charge in [0.2, 0.25) is 5.91 Å². The van der Waals surface area contributed by atoms with Gasteiger partial charge in [0.25, 0.3) is 0 Å². The zero-order valence-corrected chi connectivity index (χ0v) is 16.9. The number of hydrogen-bond acceptors (Lipinski definition) is 4. The quantitative estimate of drug-likeness (QED) is 0.809. The lowest BCUT2D eigenvalue weighted by atomic mass is 9.97. The van der Waals surface area contributed by atoms with Crippen molar-refractivity contribution < 1.29 is 9.59 Å². The SMILES string of the molecule is N#C[C@H](Cc1ccc(-c2ccc3c(c2)C(=O)CC3)cc1)NC(=O)[C@H]1N[C@@H]2CC[C@H]1C2. The predicted octanol–water partition coefficient (Wildman–Crippen LogP) is 3.17. The van der Waals surface area contributed by atoms with Crippen LogP contribution in [0.3, 0.4) is 0 Å². The Kier molecular flexibility index (Phi) is 4.88. The van der Waals surface area contributed by atoms with Gasteiger partial charge in [-0.25, -0.2) is 0 Å². The molecule has 2 fully saturated rings. The van der Waals surface area contributed by atoms with Crippen LogP contribution in [0.1, 0.15) is 47.2 Å². The van der Waals surface area contributed by atoms with Crippen LogP contribution in [0.2, 0.25) is 0 Å². The Morgan fingerprint density at radius 1 is 1.13 bits per heavy atom. The minimum atomic E-state index is -0.540. The van der Waals surface area contributed by atoms with Gasteiger partial charge in [0.15, 0.2) is 5.78 Å². The van der Waals surface area contributed by atoms with Gasteiger partial charge in [-0.1, -0.05) is 36.4 Å². The average Bonchev–Trinajstić information content (AvgIpc) is 3.50. The van der Waals surface area contributed by atoms with Crippen molar-refractivity contribution >= 4 is 11.7 Å². The zero-order chi connectivity index (χ0) is 20.7. The van der Waals surface area contributed by atoms with Gasteiger partial charge < -0.3 is 10.6 Å². The summed E-state index contributed by atoms with van der Waals surface area (Å²) in [6.45, 7) is 0. The van der Waals surface area contributed by atoms with Gasteiger partial charge in [0.1, 0.15) is 6.04 Å². The number of Topliss-reactive ketones (excluding diaryl/α,β-unsaturated/α-hetero) is 1. The van der Waals surface area contributed by atoms with Crippen LogP contribution < -0.4 is 10.6 Å². The monoisotopic (exact) mass is 399 g/mol. The van der Waals surface area contributed by atoms with Gasteiger partial charge >= 0.3 is 0 Å². The molecule has 1 saturated heterocycles. The lowest BCUT2D eigenvalue weighted by molar-refractivity contribution is -0.124. The van der Waals surface area contributed by atoms with Crippen molar-refractivity contribution in [2.45, 2.75) is 56.7 Å². The normalized spacial score (nSPS) is 25.0. The van der Waals surface area contributed by atoms with Gasteiger partial charge in [-0.05, 0) is 59.9 Å². The number of hydrogen-bond donors (Lipinski definition) is 2. The molecule has 5 nitrogen and oxygen atoms in total. The van der Waals surface area contributed by atoms with Crippen LogP contribution in [-0.4, -0.2) is 29.8 Å². The Bertz CT molecular complexity index is 1040. The number of carbonyl (C=O) groups excluding carboxylic acids is 2. The van der Waals surface area contributed by atoms with Crippen LogP contribution in [0.15, 0.2) is 42.5 Å². The first kappa shape index (κ1) is 19.0. The van der Waals surface area contributed by atoms with E-state index in [1.54, 1.807) is 0 Å². The molecule has 2 bridgehead atoms. The number of ketones is 1. The highest BCUT2D eigenvalue weighted by atomic mass is 16.2. The number of rotatable bonds is 5. The highest BCUT2D eigenvalue weighted by molar-refractivity contribution is 6.01. The number of fused-ring (bicyclic) bond motifs is 3. The predicted molar refractivity (Wildman–Crippen MR) is 114 cm³/mol. The van der Waals surface area contributed by atoms with E-state index >= 15 is 0 Å². The minimum Gasteiger partial charge on any atom is -0.339 e. The van der Waals surface area contributed by atoms with Crippen molar-refractivity contribution in [3.05, 3.63) is 59.2 Å². The van der Waals surface area contributed by atoms with Gasteiger partial charge in [-0.15, -0.1) is 0 Å². The molecule has 0 unspecified atom stereocenters. The van der Waals surface area contributed by atoms with E-state index in [1.165, 1.54) is 0 Å². The minimum absolute atomic E-state index is 0.0480. The number of nitrogens with zero attached hydrogens (tertiary/aromatic N) is 1. The van der Waals surface area contributed by atoms with E-state index in [-0.39, 0.29) is 17.7 Å². The first-order valence-corrected chi connectivity index (χ1v) is 10.8. The molecule has 152 valence electrons. The van der Waals surface area contributed by atoms with Crippen LogP contribution in [0.25, 0.3) is 11.1 Å². The number of amides is 1. The van der Waals surface area contributed by atoms with Crippen LogP contribution in [0.5, 0.6) is 0 Å². The maximum Gasteiger partial charge on any atom is 0.238 e. The molecular weight excluding hydrogens is 374 g/mol. The van der Waals surface area contributed by atoms with Crippen molar-refractivity contribution in [2.24, 2.45) is 5.92 Å². The van der Waals surface area contributed by atoms with E-state index in [1.807, 2.05) is 30.3 Å². The molecule has 30 heavy (non-hydrogen) atoms. The van der Waals surface area contributed by atoms with E-state index in [4.69, 9.17) is 0 Å².